The van der Waals surface area contributed by atoms with E-state index in [9.17, 15) is 9.59 Å². The molecular weight excluding hydrogens is 519 g/mol. The minimum absolute atomic E-state index is 0.224. The zero-order chi connectivity index (χ0) is 25.2. The molecule has 0 bridgehead atoms. The lowest BCUT2D eigenvalue weighted by atomic mass is 10.1. The van der Waals surface area contributed by atoms with E-state index in [1.807, 2.05) is 18.2 Å². The van der Waals surface area contributed by atoms with Crippen molar-refractivity contribution in [2.45, 2.75) is 0 Å². The van der Waals surface area contributed by atoms with Gasteiger partial charge in [0, 0.05) is 43.1 Å². The van der Waals surface area contributed by atoms with E-state index in [0.717, 1.165) is 16.6 Å². The topological polar surface area (TPSA) is 86.9 Å². The average molecular weight is 536 g/mol. The largest absolute Gasteiger partial charge is 0.338 e. The van der Waals surface area contributed by atoms with E-state index >= 15 is 0 Å². The van der Waals surface area contributed by atoms with E-state index < -0.39 is 0 Å². The summed E-state index contributed by atoms with van der Waals surface area (Å²) in [7, 11) is 0. The minimum Gasteiger partial charge on any atom is -0.338 e. The van der Waals surface area contributed by atoms with Crippen molar-refractivity contribution in [3.8, 4) is 11.4 Å². The van der Waals surface area contributed by atoms with E-state index in [0.29, 0.717) is 43.4 Å². The summed E-state index contributed by atoms with van der Waals surface area (Å²) >= 11 is 17.9. The number of anilines is 2. The van der Waals surface area contributed by atoms with Crippen LogP contribution in [0.1, 0.15) is 20.7 Å². The molecule has 3 N–H and O–H groups in total. The Bertz CT molecular complexity index is 1580. The normalized spacial score (nSPS) is 10.9. The fourth-order valence-electron chi connectivity index (χ4n) is 3.63. The maximum absolute atomic E-state index is 12.6. The molecule has 178 valence electrons. The highest BCUT2D eigenvalue weighted by molar-refractivity contribution is 6.35. The van der Waals surface area contributed by atoms with Crippen LogP contribution in [0.3, 0.4) is 0 Å². The zero-order valence-corrected chi connectivity index (χ0v) is 20.7. The number of nitrogens with one attached hydrogen (secondary N) is 3. The molecule has 0 fully saturated rings. The Morgan fingerprint density at radius 3 is 1.94 bits per heavy atom. The van der Waals surface area contributed by atoms with Gasteiger partial charge in [0.25, 0.3) is 11.8 Å². The van der Waals surface area contributed by atoms with E-state index in [1.165, 1.54) is 0 Å². The number of amides is 2. The molecular formula is C27H17Cl3N4O2. The third-order valence-electron chi connectivity index (χ3n) is 5.39. The summed E-state index contributed by atoms with van der Waals surface area (Å²) in [5.74, 6) is 0.109. The first-order chi connectivity index (χ1) is 17.3. The molecule has 0 atom stereocenters. The van der Waals surface area contributed by atoms with Crippen LogP contribution in [0.4, 0.5) is 11.4 Å². The summed E-state index contributed by atoms with van der Waals surface area (Å²) in [6.45, 7) is 0. The van der Waals surface area contributed by atoms with Gasteiger partial charge in [0.05, 0.1) is 11.0 Å². The van der Waals surface area contributed by atoms with Crippen LogP contribution in [-0.2, 0) is 0 Å². The summed E-state index contributed by atoms with van der Waals surface area (Å²) in [6.07, 6.45) is 0. The Morgan fingerprint density at radius 1 is 0.639 bits per heavy atom. The molecule has 9 heteroatoms. The van der Waals surface area contributed by atoms with E-state index in [-0.39, 0.29) is 11.8 Å². The van der Waals surface area contributed by atoms with Crippen LogP contribution in [0.5, 0.6) is 0 Å². The van der Waals surface area contributed by atoms with Crippen molar-refractivity contribution in [3.05, 3.63) is 111 Å². The summed E-state index contributed by atoms with van der Waals surface area (Å²) in [5.41, 5.74) is 4.47. The molecule has 1 aromatic heterocycles. The number of hydrogen-bond acceptors (Lipinski definition) is 3. The molecule has 0 aliphatic carbocycles. The predicted molar refractivity (Wildman–Crippen MR) is 145 cm³/mol. The number of fused-ring (bicyclic) bond motifs is 1. The number of halogens is 3. The molecule has 0 radical (unpaired) electrons. The van der Waals surface area contributed by atoms with Gasteiger partial charge in [0.15, 0.2) is 0 Å². The van der Waals surface area contributed by atoms with Crippen molar-refractivity contribution >= 4 is 69.0 Å². The van der Waals surface area contributed by atoms with Crippen molar-refractivity contribution in [2.24, 2.45) is 0 Å². The summed E-state index contributed by atoms with van der Waals surface area (Å²) in [6, 6.07) is 24.1. The summed E-state index contributed by atoms with van der Waals surface area (Å²) < 4.78 is 0. The second-order valence-corrected chi connectivity index (χ2v) is 9.28. The lowest BCUT2D eigenvalue weighted by Crippen LogP contribution is -2.11. The fourth-order valence-corrected chi connectivity index (χ4v) is 4.28. The molecule has 2 amide bonds. The molecule has 5 aromatic rings. The van der Waals surface area contributed by atoms with Gasteiger partial charge >= 0.3 is 0 Å². The first-order valence-electron chi connectivity index (χ1n) is 10.8. The molecule has 0 spiro atoms. The monoisotopic (exact) mass is 534 g/mol. The molecule has 5 rings (SSSR count). The van der Waals surface area contributed by atoms with Crippen LogP contribution in [0, 0.1) is 0 Å². The first kappa shape index (κ1) is 23.9. The van der Waals surface area contributed by atoms with Crippen LogP contribution in [0.15, 0.2) is 84.9 Å². The number of carbonyl (C=O) groups excluding carboxylic acids is 2. The lowest BCUT2D eigenvalue weighted by molar-refractivity contribution is 0.101. The van der Waals surface area contributed by atoms with Crippen LogP contribution in [0.25, 0.3) is 22.4 Å². The van der Waals surface area contributed by atoms with Gasteiger partial charge in [-0.25, -0.2) is 4.98 Å². The van der Waals surface area contributed by atoms with Gasteiger partial charge in [-0.05, 0) is 84.9 Å². The van der Waals surface area contributed by atoms with Crippen molar-refractivity contribution in [2.75, 3.05) is 10.6 Å². The van der Waals surface area contributed by atoms with E-state index in [2.05, 4.69) is 20.6 Å². The van der Waals surface area contributed by atoms with Gasteiger partial charge in [-0.1, -0.05) is 34.8 Å². The number of aromatic nitrogens is 2. The van der Waals surface area contributed by atoms with Crippen LogP contribution in [-0.4, -0.2) is 21.8 Å². The molecule has 36 heavy (non-hydrogen) atoms. The summed E-state index contributed by atoms with van der Waals surface area (Å²) in [4.78, 5) is 32.9. The van der Waals surface area contributed by atoms with Crippen LogP contribution in [0.2, 0.25) is 15.1 Å². The highest BCUT2D eigenvalue weighted by Crippen LogP contribution is 2.25. The molecule has 0 unspecified atom stereocenters. The Kier molecular flexibility index (Phi) is 6.65. The third kappa shape index (κ3) is 5.36. The van der Waals surface area contributed by atoms with Gasteiger partial charge in [0.2, 0.25) is 0 Å². The fraction of sp³-hybridized carbons (Fsp3) is 0. The highest BCUT2D eigenvalue weighted by Gasteiger charge is 2.11. The number of benzene rings is 4. The van der Waals surface area contributed by atoms with Crippen molar-refractivity contribution in [1.82, 2.24) is 9.97 Å². The van der Waals surface area contributed by atoms with Crippen molar-refractivity contribution in [1.29, 1.82) is 0 Å². The third-order valence-corrected chi connectivity index (χ3v) is 6.08. The maximum Gasteiger partial charge on any atom is 0.255 e. The van der Waals surface area contributed by atoms with Gasteiger partial charge in [0.1, 0.15) is 5.82 Å². The lowest BCUT2D eigenvalue weighted by Gasteiger charge is -2.06. The number of hydrogen-bond donors (Lipinski definition) is 3. The van der Waals surface area contributed by atoms with E-state index in [4.69, 9.17) is 34.8 Å². The number of H-pyrrole nitrogens is 1. The average Bonchev–Trinajstić information content (AvgIpc) is 3.28. The summed E-state index contributed by atoms with van der Waals surface area (Å²) in [5, 5.41) is 7.05. The molecule has 0 aliphatic heterocycles. The second-order valence-electron chi connectivity index (χ2n) is 7.97. The number of nitrogens with zero attached hydrogens (tertiary/aromatic N) is 1. The first-order valence-corrected chi connectivity index (χ1v) is 11.9. The number of imidazole rings is 1. The second kappa shape index (κ2) is 10.0. The molecule has 0 saturated carbocycles. The zero-order valence-electron chi connectivity index (χ0n) is 18.5. The van der Waals surface area contributed by atoms with Gasteiger partial charge in [-0.3, -0.25) is 9.59 Å². The smallest absolute Gasteiger partial charge is 0.255 e. The Balaban J connectivity index is 1.30. The number of carbonyl (C=O) groups is 2. The van der Waals surface area contributed by atoms with Gasteiger partial charge < -0.3 is 15.6 Å². The molecule has 4 aromatic carbocycles. The molecule has 0 aliphatic rings. The minimum atomic E-state index is -0.324. The maximum atomic E-state index is 12.6. The predicted octanol–water partition coefficient (Wildman–Crippen LogP) is 7.69. The van der Waals surface area contributed by atoms with Crippen LogP contribution < -0.4 is 10.6 Å². The quantitative estimate of drug-likeness (QED) is 0.215. The standard InChI is InChI=1S/C27H17Cl3N4O2/c28-18-5-1-16(2-6-18)26(35)31-21-7-3-15(4-8-21)25-33-23-10-9-22(14-24(23)34-25)32-27(36)17-11-19(29)13-20(30)12-17/h1-14H,(H,31,35)(H,32,36)(H,33,34). The molecule has 1 heterocycles. The van der Waals surface area contributed by atoms with Gasteiger partial charge in [-0.2, -0.15) is 0 Å². The number of rotatable bonds is 5. The molecule has 0 saturated heterocycles. The Labute approximate surface area is 221 Å². The van der Waals surface area contributed by atoms with Crippen molar-refractivity contribution < 1.29 is 9.59 Å². The highest BCUT2D eigenvalue weighted by atomic mass is 35.5. The number of aromatic amines is 1. The SMILES string of the molecule is O=C(Nc1ccc(-c2nc3ccc(NC(=O)c4cc(Cl)cc(Cl)c4)cc3[nH]2)cc1)c1ccc(Cl)cc1. The van der Waals surface area contributed by atoms with Gasteiger partial charge in [-0.15, -0.1) is 0 Å². The molecule has 6 nitrogen and oxygen atoms in total. The van der Waals surface area contributed by atoms with Crippen molar-refractivity contribution in [3.63, 3.8) is 0 Å². The van der Waals surface area contributed by atoms with Crippen LogP contribution >= 0.6 is 34.8 Å². The Morgan fingerprint density at radius 2 is 1.25 bits per heavy atom. The Hall–Kier alpha value is -3.84. The van der Waals surface area contributed by atoms with E-state index in [1.54, 1.807) is 66.7 Å².